The Balaban J connectivity index is 2.55. The second-order valence-electron chi connectivity index (χ2n) is 5.72. The van der Waals surface area contributed by atoms with Crippen LogP contribution in [0.3, 0.4) is 0 Å². The number of hydrogen-bond donors (Lipinski definition) is 4. The molecule has 1 aromatic carbocycles. The smallest absolute Gasteiger partial charge is 0.416 e. The van der Waals surface area contributed by atoms with Crippen LogP contribution in [0.5, 0.6) is 5.75 Å². The Hall–Kier alpha value is -2.98. The van der Waals surface area contributed by atoms with Gasteiger partial charge in [-0.25, -0.2) is 4.79 Å². The first-order valence-corrected chi connectivity index (χ1v) is 7.99. The maximum Gasteiger partial charge on any atom is 0.416 e. The first kappa shape index (κ1) is 22.1. The normalized spacial score (nSPS) is 13.2. The molecule has 0 saturated carbocycles. The number of amides is 4. The lowest BCUT2D eigenvalue weighted by Gasteiger charge is -2.22. The topological polar surface area (TPSA) is 123 Å². The molecule has 0 heterocycles. The molecule has 5 N–H and O–H groups in total. The summed E-state index contributed by atoms with van der Waals surface area (Å²) < 4.78 is 42.8. The van der Waals surface area contributed by atoms with Gasteiger partial charge in [0.1, 0.15) is 11.8 Å². The van der Waals surface area contributed by atoms with Gasteiger partial charge in [0.2, 0.25) is 0 Å². The minimum Gasteiger partial charge on any atom is -0.484 e. The Labute approximate surface area is 153 Å². The van der Waals surface area contributed by atoms with E-state index in [9.17, 15) is 27.6 Å². The quantitative estimate of drug-likeness (QED) is 0.524. The lowest BCUT2D eigenvalue weighted by Crippen LogP contribution is -2.56. The van der Waals surface area contributed by atoms with Crippen molar-refractivity contribution in [3.8, 4) is 5.75 Å². The number of carbonyl (C=O) groups is 3. The summed E-state index contributed by atoms with van der Waals surface area (Å²) in [4.78, 5) is 34.7. The first-order valence-electron chi connectivity index (χ1n) is 7.99. The average Bonchev–Trinajstić information content (AvgIpc) is 2.61. The van der Waals surface area contributed by atoms with Crippen molar-refractivity contribution in [1.82, 2.24) is 16.2 Å². The van der Waals surface area contributed by atoms with Crippen LogP contribution in [-0.2, 0) is 15.8 Å². The molecular weight excluding hydrogens is 369 g/mol. The first-order chi connectivity index (χ1) is 12.5. The standard InChI is InChI=1S/C16H21F3N4O4/c1-3-9(2)13(21-15(20)26)14(25)23-22-12(24)8-27-11-6-4-5-10(7-11)16(17,18)19/h4-7,9,13H,3,8H2,1-2H3,(H,22,24)(H,23,25)(H3,20,21,26). The SMILES string of the molecule is CCC(C)C(NC(N)=O)C(=O)NNC(=O)COc1cccc(C(F)(F)F)c1. The maximum absolute atomic E-state index is 12.6. The van der Waals surface area contributed by atoms with Crippen molar-refractivity contribution < 1.29 is 32.3 Å². The molecule has 0 aromatic heterocycles. The number of rotatable bonds is 7. The van der Waals surface area contributed by atoms with Gasteiger partial charge in [0.15, 0.2) is 6.61 Å². The molecule has 0 fully saturated rings. The number of benzene rings is 1. The third kappa shape index (κ3) is 7.42. The fourth-order valence-corrected chi connectivity index (χ4v) is 2.01. The molecule has 27 heavy (non-hydrogen) atoms. The van der Waals surface area contributed by atoms with Gasteiger partial charge in [-0.1, -0.05) is 26.3 Å². The summed E-state index contributed by atoms with van der Waals surface area (Å²) in [5, 5.41) is 2.27. The van der Waals surface area contributed by atoms with Crippen LogP contribution in [0.25, 0.3) is 0 Å². The monoisotopic (exact) mass is 390 g/mol. The van der Waals surface area contributed by atoms with E-state index in [1.165, 1.54) is 6.07 Å². The molecule has 0 aliphatic carbocycles. The number of nitrogens with two attached hydrogens (primary N) is 1. The molecule has 0 spiro atoms. The van der Waals surface area contributed by atoms with Crippen LogP contribution in [0.15, 0.2) is 24.3 Å². The molecule has 1 rings (SSSR count). The fraction of sp³-hybridized carbons (Fsp3) is 0.438. The van der Waals surface area contributed by atoms with Gasteiger partial charge >= 0.3 is 12.2 Å². The number of hydrogen-bond acceptors (Lipinski definition) is 4. The molecule has 1 aromatic rings. The van der Waals surface area contributed by atoms with Gasteiger partial charge in [-0.2, -0.15) is 13.2 Å². The van der Waals surface area contributed by atoms with Crippen molar-refractivity contribution in [1.29, 1.82) is 0 Å². The summed E-state index contributed by atoms with van der Waals surface area (Å²) >= 11 is 0. The molecular formula is C16H21F3N4O4. The second kappa shape index (κ2) is 9.64. The highest BCUT2D eigenvalue weighted by Gasteiger charge is 2.30. The van der Waals surface area contributed by atoms with Gasteiger partial charge in [0, 0.05) is 0 Å². The third-order valence-electron chi connectivity index (χ3n) is 3.65. The predicted octanol–water partition coefficient (Wildman–Crippen LogP) is 1.31. The second-order valence-corrected chi connectivity index (χ2v) is 5.72. The van der Waals surface area contributed by atoms with Crippen molar-refractivity contribution >= 4 is 17.8 Å². The zero-order chi connectivity index (χ0) is 20.6. The van der Waals surface area contributed by atoms with Crippen molar-refractivity contribution in [3.05, 3.63) is 29.8 Å². The van der Waals surface area contributed by atoms with Gasteiger partial charge in [-0.15, -0.1) is 0 Å². The minimum absolute atomic E-state index is 0.154. The van der Waals surface area contributed by atoms with E-state index in [1.807, 2.05) is 0 Å². The van der Waals surface area contributed by atoms with Gasteiger partial charge in [-0.05, 0) is 24.1 Å². The number of nitrogens with one attached hydrogen (secondary N) is 3. The summed E-state index contributed by atoms with van der Waals surface area (Å²) in [7, 11) is 0. The number of halogens is 3. The van der Waals surface area contributed by atoms with Crippen LogP contribution in [0, 0.1) is 5.92 Å². The van der Waals surface area contributed by atoms with E-state index in [0.717, 1.165) is 18.2 Å². The van der Waals surface area contributed by atoms with E-state index >= 15 is 0 Å². The number of hydrazine groups is 1. The van der Waals surface area contributed by atoms with Gasteiger partial charge in [0.05, 0.1) is 5.56 Å². The van der Waals surface area contributed by atoms with Crippen LogP contribution in [0.4, 0.5) is 18.0 Å². The van der Waals surface area contributed by atoms with Crippen molar-refractivity contribution in [2.75, 3.05) is 6.61 Å². The molecule has 0 aliphatic heterocycles. The summed E-state index contributed by atoms with van der Waals surface area (Å²) in [5.41, 5.74) is 8.26. The molecule has 0 bridgehead atoms. The molecule has 0 radical (unpaired) electrons. The van der Waals surface area contributed by atoms with Crippen molar-refractivity contribution in [2.45, 2.75) is 32.5 Å². The minimum atomic E-state index is -4.53. The summed E-state index contributed by atoms with van der Waals surface area (Å²) in [5.74, 6) is -1.91. The van der Waals surface area contributed by atoms with Crippen LogP contribution in [-0.4, -0.2) is 30.5 Å². The fourth-order valence-electron chi connectivity index (χ4n) is 2.01. The third-order valence-corrected chi connectivity index (χ3v) is 3.65. The Bertz CT molecular complexity index is 682. The Morgan fingerprint density at radius 1 is 1.22 bits per heavy atom. The van der Waals surface area contributed by atoms with E-state index in [0.29, 0.717) is 6.42 Å². The number of urea groups is 1. The van der Waals surface area contributed by atoms with Gasteiger partial charge in [0.25, 0.3) is 11.8 Å². The number of carbonyl (C=O) groups excluding carboxylic acids is 3. The average molecular weight is 390 g/mol. The Kier molecular flexibility index (Phi) is 7.88. The highest BCUT2D eigenvalue weighted by molar-refractivity contribution is 5.88. The molecule has 0 saturated heterocycles. The highest BCUT2D eigenvalue weighted by Crippen LogP contribution is 2.31. The predicted molar refractivity (Wildman–Crippen MR) is 89.2 cm³/mol. The van der Waals surface area contributed by atoms with E-state index in [1.54, 1.807) is 13.8 Å². The number of primary amides is 1. The van der Waals surface area contributed by atoms with Crippen LogP contribution in [0.2, 0.25) is 0 Å². The van der Waals surface area contributed by atoms with E-state index in [-0.39, 0.29) is 11.7 Å². The largest absolute Gasteiger partial charge is 0.484 e. The number of ether oxygens (including phenoxy) is 1. The maximum atomic E-state index is 12.6. The molecule has 150 valence electrons. The van der Waals surface area contributed by atoms with Gasteiger partial charge < -0.3 is 15.8 Å². The van der Waals surface area contributed by atoms with Gasteiger partial charge in [-0.3, -0.25) is 20.4 Å². The molecule has 2 atom stereocenters. The lowest BCUT2D eigenvalue weighted by atomic mass is 9.99. The summed E-state index contributed by atoms with van der Waals surface area (Å²) in [6.45, 7) is 2.88. The molecule has 2 unspecified atom stereocenters. The number of alkyl halides is 3. The zero-order valence-corrected chi connectivity index (χ0v) is 14.7. The van der Waals surface area contributed by atoms with Crippen molar-refractivity contribution in [3.63, 3.8) is 0 Å². The van der Waals surface area contributed by atoms with Crippen LogP contribution < -0.4 is 26.6 Å². The highest BCUT2D eigenvalue weighted by atomic mass is 19.4. The molecule has 11 heteroatoms. The summed E-state index contributed by atoms with van der Waals surface area (Å²) in [6, 6.07) is 2.17. The summed E-state index contributed by atoms with van der Waals surface area (Å²) in [6.07, 6.45) is -3.97. The van der Waals surface area contributed by atoms with E-state index in [2.05, 4.69) is 16.2 Å². The van der Waals surface area contributed by atoms with Crippen LogP contribution in [0.1, 0.15) is 25.8 Å². The van der Waals surface area contributed by atoms with Crippen LogP contribution >= 0.6 is 0 Å². The van der Waals surface area contributed by atoms with E-state index < -0.39 is 42.2 Å². The lowest BCUT2D eigenvalue weighted by molar-refractivity contribution is -0.137. The molecule has 8 nitrogen and oxygen atoms in total. The Morgan fingerprint density at radius 2 is 1.89 bits per heavy atom. The zero-order valence-electron chi connectivity index (χ0n) is 14.7. The Morgan fingerprint density at radius 3 is 2.44 bits per heavy atom. The van der Waals surface area contributed by atoms with E-state index in [4.69, 9.17) is 10.5 Å². The van der Waals surface area contributed by atoms with Crippen molar-refractivity contribution in [2.24, 2.45) is 11.7 Å². The molecule has 4 amide bonds. The molecule has 0 aliphatic rings.